The van der Waals surface area contributed by atoms with Crippen molar-refractivity contribution in [3.63, 3.8) is 0 Å². The summed E-state index contributed by atoms with van der Waals surface area (Å²) in [7, 11) is 0. The Hall–Kier alpha value is -2.87. The first-order valence-electron chi connectivity index (χ1n) is 13.5. The smallest absolute Gasteiger partial charge is 0.416 e. The molecular weight excluding hydrogens is 505 g/mol. The normalized spacial score (nSPS) is 16.9. The molecule has 1 aromatic heterocycles. The summed E-state index contributed by atoms with van der Waals surface area (Å²) in [5.74, 6) is -0.475. The number of carbonyl (C=O) groups excluding carboxylic acids is 1. The van der Waals surface area contributed by atoms with Crippen molar-refractivity contribution in [1.82, 2.24) is 4.98 Å². The predicted molar refractivity (Wildman–Crippen MR) is 150 cm³/mol. The Labute approximate surface area is 230 Å². The van der Waals surface area contributed by atoms with E-state index in [4.69, 9.17) is 14.5 Å². The van der Waals surface area contributed by atoms with Crippen LogP contribution in [0.25, 0.3) is 12.2 Å². The molecule has 0 unspecified atom stereocenters. The minimum atomic E-state index is -4.39. The largest absolute Gasteiger partial charge is 0.464 e. The molecule has 3 rings (SSSR count). The average Bonchev–Trinajstić information content (AvgIpc) is 2.81. The summed E-state index contributed by atoms with van der Waals surface area (Å²) in [4.78, 5) is 20.4. The van der Waals surface area contributed by atoms with Crippen molar-refractivity contribution in [2.75, 3.05) is 24.6 Å². The van der Waals surface area contributed by atoms with Crippen LogP contribution >= 0.6 is 0 Å². The molecule has 5 nitrogen and oxygen atoms in total. The van der Waals surface area contributed by atoms with Crippen molar-refractivity contribution in [3.05, 3.63) is 57.9 Å². The Kier molecular flexibility index (Phi) is 9.20. The summed E-state index contributed by atoms with van der Waals surface area (Å²) in [6.45, 7) is 17.5. The van der Waals surface area contributed by atoms with E-state index < -0.39 is 29.4 Å². The number of halogens is 3. The van der Waals surface area contributed by atoms with Gasteiger partial charge in [-0.05, 0) is 77.5 Å². The molecular formula is C31H41F3N2O3. The van der Waals surface area contributed by atoms with Gasteiger partial charge in [0.15, 0.2) is 6.10 Å². The minimum Gasteiger partial charge on any atom is -0.464 e. The van der Waals surface area contributed by atoms with E-state index in [1.807, 2.05) is 40.7 Å². The van der Waals surface area contributed by atoms with Crippen LogP contribution in [0.4, 0.5) is 18.9 Å². The molecule has 1 aliphatic rings. The van der Waals surface area contributed by atoms with E-state index in [9.17, 15) is 18.0 Å². The summed E-state index contributed by atoms with van der Waals surface area (Å²) >= 11 is 0. The summed E-state index contributed by atoms with van der Waals surface area (Å²) in [5, 5.41) is 0. The molecule has 0 spiro atoms. The Balaban J connectivity index is 2.19. The van der Waals surface area contributed by atoms with Crippen molar-refractivity contribution in [2.24, 2.45) is 5.41 Å². The molecule has 0 saturated carbocycles. The van der Waals surface area contributed by atoms with E-state index in [1.165, 1.54) is 12.1 Å². The number of hydrogen-bond acceptors (Lipinski definition) is 5. The molecule has 1 fully saturated rings. The van der Waals surface area contributed by atoms with Crippen LogP contribution in [-0.4, -0.2) is 36.3 Å². The highest BCUT2D eigenvalue weighted by atomic mass is 19.4. The highest BCUT2D eigenvalue weighted by Crippen LogP contribution is 2.42. The molecule has 1 atom stereocenters. The van der Waals surface area contributed by atoms with Crippen LogP contribution in [0.5, 0.6) is 0 Å². The third-order valence-electron chi connectivity index (χ3n) is 6.97. The van der Waals surface area contributed by atoms with Crippen LogP contribution in [0.2, 0.25) is 0 Å². The number of anilines is 1. The van der Waals surface area contributed by atoms with E-state index in [-0.39, 0.29) is 12.0 Å². The third kappa shape index (κ3) is 7.84. The molecule has 1 aliphatic heterocycles. The molecule has 0 radical (unpaired) electrons. The molecule has 0 amide bonds. The number of alkyl halides is 3. The van der Waals surface area contributed by atoms with Crippen LogP contribution in [0, 0.1) is 19.3 Å². The van der Waals surface area contributed by atoms with Gasteiger partial charge in [-0.2, -0.15) is 13.2 Å². The second-order valence-electron chi connectivity index (χ2n) is 11.9. The molecule has 214 valence electrons. The number of carbonyl (C=O) groups is 1. The quantitative estimate of drug-likeness (QED) is 0.330. The fraction of sp³-hybridized carbons (Fsp3) is 0.548. The Morgan fingerprint density at radius 1 is 1.05 bits per heavy atom. The number of aryl methyl sites for hydroxylation is 2. The highest BCUT2D eigenvalue weighted by Gasteiger charge is 2.36. The average molecular weight is 547 g/mol. The van der Waals surface area contributed by atoms with Crippen molar-refractivity contribution in [3.8, 4) is 0 Å². The number of nitrogens with zero attached hydrogens (tertiary/aromatic N) is 2. The first-order chi connectivity index (χ1) is 18.0. The van der Waals surface area contributed by atoms with Gasteiger partial charge in [0.05, 0.1) is 23.5 Å². The summed E-state index contributed by atoms with van der Waals surface area (Å²) in [6, 6.07) is 5.05. The van der Waals surface area contributed by atoms with Gasteiger partial charge in [0.1, 0.15) is 0 Å². The first kappa shape index (κ1) is 30.7. The Bertz CT molecular complexity index is 1190. The third-order valence-corrected chi connectivity index (χ3v) is 6.97. The predicted octanol–water partition coefficient (Wildman–Crippen LogP) is 7.93. The van der Waals surface area contributed by atoms with Crippen molar-refractivity contribution in [1.29, 1.82) is 0 Å². The number of rotatable bonds is 7. The molecule has 2 aromatic rings. The lowest BCUT2D eigenvalue weighted by atomic mass is 9.82. The number of aromatic nitrogens is 1. The fourth-order valence-corrected chi connectivity index (χ4v) is 4.81. The lowest BCUT2D eigenvalue weighted by Crippen LogP contribution is -2.39. The lowest BCUT2D eigenvalue weighted by Gasteiger charge is -2.41. The van der Waals surface area contributed by atoms with E-state index in [0.717, 1.165) is 55.0 Å². The van der Waals surface area contributed by atoms with Gasteiger partial charge < -0.3 is 14.4 Å². The highest BCUT2D eigenvalue weighted by molar-refractivity contribution is 5.86. The maximum atomic E-state index is 13.3. The molecule has 0 bridgehead atoms. The SMILES string of the molecule is CCOC(=O)[C@@H](OC(C)(C)C)c1c(C)nc(C)c(/C=C/c2ccc(C(F)(F)F)cc2)c1N1CCC(C)(C)CC1. The lowest BCUT2D eigenvalue weighted by molar-refractivity contribution is -0.166. The fourth-order valence-electron chi connectivity index (χ4n) is 4.81. The van der Waals surface area contributed by atoms with Gasteiger partial charge >= 0.3 is 12.1 Å². The maximum absolute atomic E-state index is 13.3. The first-order valence-corrected chi connectivity index (χ1v) is 13.5. The molecule has 2 heterocycles. The zero-order valence-electron chi connectivity index (χ0n) is 24.3. The zero-order valence-corrected chi connectivity index (χ0v) is 24.3. The molecule has 0 N–H and O–H groups in total. The van der Waals surface area contributed by atoms with Crippen LogP contribution < -0.4 is 4.90 Å². The van der Waals surface area contributed by atoms with Crippen molar-refractivity contribution in [2.45, 2.75) is 86.1 Å². The van der Waals surface area contributed by atoms with Gasteiger partial charge in [-0.3, -0.25) is 4.98 Å². The van der Waals surface area contributed by atoms with Gasteiger partial charge in [-0.25, -0.2) is 4.79 Å². The summed E-state index contributed by atoms with van der Waals surface area (Å²) in [6.07, 6.45) is 0.227. The van der Waals surface area contributed by atoms with Gasteiger partial charge in [0.2, 0.25) is 0 Å². The summed E-state index contributed by atoms with van der Waals surface area (Å²) in [5.41, 5.74) is 3.28. The number of ether oxygens (including phenoxy) is 2. The number of piperidine rings is 1. The number of hydrogen-bond donors (Lipinski definition) is 0. The summed E-state index contributed by atoms with van der Waals surface area (Å²) < 4.78 is 50.9. The number of benzene rings is 1. The Morgan fingerprint density at radius 2 is 1.64 bits per heavy atom. The van der Waals surface area contributed by atoms with Crippen LogP contribution in [0.15, 0.2) is 24.3 Å². The van der Waals surface area contributed by atoms with Gasteiger partial charge in [0.25, 0.3) is 0 Å². The molecule has 8 heteroatoms. The molecule has 1 aromatic carbocycles. The Morgan fingerprint density at radius 3 is 2.15 bits per heavy atom. The van der Waals surface area contributed by atoms with Crippen LogP contribution in [-0.2, 0) is 20.4 Å². The molecule has 1 saturated heterocycles. The van der Waals surface area contributed by atoms with Crippen LogP contribution in [0.3, 0.4) is 0 Å². The monoisotopic (exact) mass is 546 g/mol. The second-order valence-corrected chi connectivity index (χ2v) is 11.9. The van der Waals surface area contributed by atoms with Gasteiger partial charge in [-0.1, -0.05) is 38.1 Å². The minimum absolute atomic E-state index is 0.201. The van der Waals surface area contributed by atoms with Crippen molar-refractivity contribution >= 4 is 23.8 Å². The molecule has 39 heavy (non-hydrogen) atoms. The van der Waals surface area contributed by atoms with Crippen molar-refractivity contribution < 1.29 is 27.4 Å². The zero-order chi connectivity index (χ0) is 29.2. The topological polar surface area (TPSA) is 51.7 Å². The molecule has 0 aliphatic carbocycles. The second kappa shape index (κ2) is 11.7. The van der Waals surface area contributed by atoms with E-state index >= 15 is 0 Å². The van der Waals surface area contributed by atoms with E-state index in [2.05, 4.69) is 18.7 Å². The maximum Gasteiger partial charge on any atom is 0.416 e. The van der Waals surface area contributed by atoms with Gasteiger partial charge in [-0.15, -0.1) is 0 Å². The van der Waals surface area contributed by atoms with Crippen LogP contribution in [0.1, 0.15) is 94.1 Å². The van der Waals surface area contributed by atoms with E-state index in [1.54, 1.807) is 13.0 Å². The standard InChI is InChI=1S/C31H41F3N2O3/c1-9-38-28(37)27(39-29(4,5)6)25-21(3)35-20(2)24(26(25)36-18-16-30(7,8)17-19-36)15-12-22-10-13-23(14-11-22)31(32,33)34/h10-15,27H,9,16-19H2,1-8H3/b15-12+/t27-/m0/s1. The van der Waals surface area contributed by atoms with Gasteiger partial charge in [0, 0.05) is 35.6 Å². The van der Waals surface area contributed by atoms with E-state index in [0.29, 0.717) is 16.8 Å². The number of pyridine rings is 1. The number of esters is 1.